The summed E-state index contributed by atoms with van der Waals surface area (Å²) in [5, 5.41) is 2.73. The zero-order valence-corrected chi connectivity index (χ0v) is 14.9. The molecule has 0 unspecified atom stereocenters. The van der Waals surface area contributed by atoms with Crippen molar-refractivity contribution in [1.29, 1.82) is 0 Å². The minimum absolute atomic E-state index is 0.274. The number of aromatic amines is 1. The molecule has 27 heavy (non-hydrogen) atoms. The first-order valence-electron chi connectivity index (χ1n) is 8.56. The average Bonchev–Trinajstić information content (AvgIpc) is 2.66. The van der Waals surface area contributed by atoms with E-state index < -0.39 is 23.2 Å². The third-order valence-electron chi connectivity index (χ3n) is 4.54. The Morgan fingerprint density at radius 2 is 1.89 bits per heavy atom. The van der Waals surface area contributed by atoms with E-state index in [2.05, 4.69) is 10.3 Å². The summed E-state index contributed by atoms with van der Waals surface area (Å²) in [5.41, 5.74) is 0.455. The number of carbonyl (C=O) groups excluding carboxylic acids is 1. The maximum Gasteiger partial charge on any atom is 0.322 e. The van der Waals surface area contributed by atoms with Crippen LogP contribution in [0.1, 0.15) is 25.5 Å². The van der Waals surface area contributed by atoms with E-state index >= 15 is 0 Å². The Hall–Kier alpha value is -3.22. The summed E-state index contributed by atoms with van der Waals surface area (Å²) in [4.78, 5) is 28.7. The highest BCUT2D eigenvalue weighted by Gasteiger charge is 2.24. The monoisotopic (exact) mass is 371 g/mol. The number of urea groups is 1. The Labute approximate surface area is 154 Å². The summed E-state index contributed by atoms with van der Waals surface area (Å²) in [6.07, 6.45) is 1.44. The topological polar surface area (TPSA) is 65.2 Å². The normalized spacial score (nSPS) is 12.0. The number of para-hydroxylation sites is 1. The molecule has 2 amide bonds. The van der Waals surface area contributed by atoms with Crippen molar-refractivity contribution in [2.75, 3.05) is 11.9 Å². The third kappa shape index (κ3) is 3.53. The van der Waals surface area contributed by atoms with E-state index in [1.165, 1.54) is 12.3 Å². The number of rotatable bonds is 4. The van der Waals surface area contributed by atoms with Crippen LogP contribution < -0.4 is 10.9 Å². The molecule has 3 rings (SSSR count). The van der Waals surface area contributed by atoms with Gasteiger partial charge in [0.1, 0.15) is 0 Å². The molecule has 0 fully saturated rings. The lowest BCUT2D eigenvalue weighted by Gasteiger charge is -2.29. The van der Waals surface area contributed by atoms with Crippen LogP contribution in [-0.4, -0.2) is 22.5 Å². The van der Waals surface area contributed by atoms with Crippen molar-refractivity contribution in [1.82, 2.24) is 9.88 Å². The molecule has 0 aliphatic carbocycles. The minimum atomic E-state index is -1.19. The molecular formula is C20H19F2N3O2. The van der Waals surface area contributed by atoms with Crippen LogP contribution in [0.2, 0.25) is 0 Å². The molecule has 1 heterocycles. The van der Waals surface area contributed by atoms with E-state index in [1.54, 1.807) is 24.0 Å². The number of anilines is 1. The van der Waals surface area contributed by atoms with Crippen molar-refractivity contribution in [3.8, 4) is 0 Å². The molecule has 0 bridgehead atoms. The standard InChI is InChI=1S/C20H19F2N3O2/c1-3-25(20(27)24-13-7-5-4-6-8-13)12(2)15-11-23-19(26)17-14(15)9-10-16(21)18(17)22/h4-12H,3H2,1-2H3,(H,23,26)(H,24,27)/t12-/m0/s1. The van der Waals surface area contributed by atoms with Gasteiger partial charge in [-0.15, -0.1) is 0 Å². The van der Waals surface area contributed by atoms with Crippen molar-refractivity contribution in [3.05, 3.63) is 76.2 Å². The van der Waals surface area contributed by atoms with Crippen molar-refractivity contribution in [2.45, 2.75) is 19.9 Å². The molecule has 2 aromatic carbocycles. The molecule has 140 valence electrons. The molecule has 0 radical (unpaired) electrons. The molecule has 5 nitrogen and oxygen atoms in total. The first-order chi connectivity index (χ1) is 12.9. The summed E-state index contributed by atoms with van der Waals surface area (Å²) in [7, 11) is 0. The summed E-state index contributed by atoms with van der Waals surface area (Å²) in [6.45, 7) is 3.96. The van der Waals surface area contributed by atoms with Crippen LogP contribution in [0.25, 0.3) is 10.8 Å². The molecule has 7 heteroatoms. The number of nitrogens with one attached hydrogen (secondary N) is 2. The molecule has 3 aromatic rings. The Balaban J connectivity index is 1.99. The smallest absolute Gasteiger partial charge is 0.322 e. The highest BCUT2D eigenvalue weighted by atomic mass is 19.2. The number of H-pyrrole nitrogens is 1. The Morgan fingerprint density at radius 3 is 2.56 bits per heavy atom. The highest BCUT2D eigenvalue weighted by molar-refractivity contribution is 5.91. The fraction of sp³-hybridized carbons (Fsp3) is 0.200. The second-order valence-electron chi connectivity index (χ2n) is 6.12. The van der Waals surface area contributed by atoms with Gasteiger partial charge in [0.15, 0.2) is 11.6 Å². The quantitative estimate of drug-likeness (QED) is 0.713. The number of hydrogen-bond donors (Lipinski definition) is 2. The number of pyridine rings is 1. The zero-order valence-electron chi connectivity index (χ0n) is 14.9. The van der Waals surface area contributed by atoms with Crippen LogP contribution in [0.4, 0.5) is 19.3 Å². The lowest BCUT2D eigenvalue weighted by molar-refractivity contribution is 0.197. The Kier molecular flexibility index (Phi) is 5.21. The summed E-state index contributed by atoms with van der Waals surface area (Å²) < 4.78 is 27.7. The van der Waals surface area contributed by atoms with Crippen LogP contribution in [0.5, 0.6) is 0 Å². The molecular weight excluding hydrogens is 352 g/mol. The van der Waals surface area contributed by atoms with Crippen LogP contribution in [0.3, 0.4) is 0 Å². The maximum absolute atomic E-state index is 14.1. The first-order valence-corrected chi connectivity index (χ1v) is 8.56. The molecule has 1 aromatic heterocycles. The fourth-order valence-electron chi connectivity index (χ4n) is 3.13. The van der Waals surface area contributed by atoms with Crippen LogP contribution >= 0.6 is 0 Å². The second kappa shape index (κ2) is 7.57. The number of aromatic nitrogens is 1. The Bertz CT molecular complexity index is 1030. The fourth-order valence-corrected chi connectivity index (χ4v) is 3.13. The number of halogens is 2. The first kappa shape index (κ1) is 18.6. The van der Waals surface area contributed by atoms with Crippen molar-refractivity contribution in [3.63, 3.8) is 0 Å². The Morgan fingerprint density at radius 1 is 1.19 bits per heavy atom. The van der Waals surface area contributed by atoms with Crippen molar-refractivity contribution >= 4 is 22.5 Å². The molecule has 0 spiro atoms. The number of hydrogen-bond acceptors (Lipinski definition) is 2. The maximum atomic E-state index is 14.1. The van der Waals surface area contributed by atoms with Gasteiger partial charge in [-0.25, -0.2) is 13.6 Å². The number of fused-ring (bicyclic) bond motifs is 1. The van der Waals surface area contributed by atoms with E-state index in [0.717, 1.165) is 6.07 Å². The van der Waals surface area contributed by atoms with Gasteiger partial charge < -0.3 is 15.2 Å². The van der Waals surface area contributed by atoms with Crippen LogP contribution in [0.15, 0.2) is 53.5 Å². The molecule has 1 atom stereocenters. The van der Waals surface area contributed by atoms with Gasteiger partial charge in [0.25, 0.3) is 5.56 Å². The van der Waals surface area contributed by atoms with E-state index in [-0.39, 0.29) is 16.8 Å². The third-order valence-corrected chi connectivity index (χ3v) is 4.54. The largest absolute Gasteiger partial charge is 0.328 e. The van der Waals surface area contributed by atoms with E-state index in [0.29, 0.717) is 17.8 Å². The molecule has 0 aliphatic rings. The minimum Gasteiger partial charge on any atom is -0.328 e. The van der Waals surface area contributed by atoms with Crippen LogP contribution in [0, 0.1) is 11.6 Å². The number of carbonyl (C=O) groups is 1. The second-order valence-corrected chi connectivity index (χ2v) is 6.12. The summed E-state index contributed by atoms with van der Waals surface area (Å²) in [6, 6.07) is 10.5. The van der Waals surface area contributed by atoms with E-state index in [4.69, 9.17) is 0 Å². The number of amides is 2. The zero-order chi connectivity index (χ0) is 19.6. The van der Waals surface area contributed by atoms with Crippen molar-refractivity contribution in [2.24, 2.45) is 0 Å². The lowest BCUT2D eigenvalue weighted by Crippen LogP contribution is -2.37. The predicted molar refractivity (Wildman–Crippen MR) is 101 cm³/mol. The lowest BCUT2D eigenvalue weighted by atomic mass is 10.0. The summed E-state index contributed by atoms with van der Waals surface area (Å²) >= 11 is 0. The van der Waals surface area contributed by atoms with Gasteiger partial charge in [0.2, 0.25) is 0 Å². The highest BCUT2D eigenvalue weighted by Crippen LogP contribution is 2.28. The van der Waals surface area contributed by atoms with Gasteiger partial charge >= 0.3 is 6.03 Å². The molecule has 0 saturated carbocycles. The predicted octanol–water partition coefficient (Wildman–Crippen LogP) is 4.42. The molecule has 2 N–H and O–H groups in total. The van der Waals surface area contributed by atoms with Gasteiger partial charge in [-0.1, -0.05) is 24.3 Å². The van der Waals surface area contributed by atoms with Gasteiger partial charge in [0, 0.05) is 18.4 Å². The van der Waals surface area contributed by atoms with Gasteiger partial charge in [-0.2, -0.15) is 0 Å². The average molecular weight is 371 g/mol. The molecule has 0 saturated heterocycles. The van der Waals surface area contributed by atoms with Crippen LogP contribution in [-0.2, 0) is 0 Å². The van der Waals surface area contributed by atoms with Gasteiger partial charge in [-0.05, 0) is 43.0 Å². The van der Waals surface area contributed by atoms with Gasteiger partial charge in [-0.3, -0.25) is 4.79 Å². The summed E-state index contributed by atoms with van der Waals surface area (Å²) in [5.74, 6) is -2.29. The number of nitrogens with zero attached hydrogens (tertiary/aromatic N) is 1. The van der Waals surface area contributed by atoms with E-state index in [1.807, 2.05) is 25.1 Å². The number of benzene rings is 2. The van der Waals surface area contributed by atoms with Gasteiger partial charge in [0.05, 0.1) is 11.4 Å². The molecule has 0 aliphatic heterocycles. The van der Waals surface area contributed by atoms with E-state index in [9.17, 15) is 18.4 Å². The SMILES string of the molecule is CCN(C(=O)Nc1ccccc1)[C@@H](C)c1c[nH]c(=O)c2c(F)c(F)ccc12. The van der Waals surface area contributed by atoms with Crippen molar-refractivity contribution < 1.29 is 13.6 Å².